The molecule has 0 aliphatic rings. The fraction of sp³-hybridized carbons (Fsp3) is 0.188. The Morgan fingerprint density at radius 3 is 2.55 bits per heavy atom. The average molecular weight is 290 g/mol. The summed E-state index contributed by atoms with van der Waals surface area (Å²) in [4.78, 5) is 11.5. The molecular formula is C16H16ClNO2. The smallest absolute Gasteiger partial charge is 0.330 e. The molecule has 0 saturated heterocycles. The molecule has 1 atom stereocenters. The zero-order chi connectivity index (χ0) is 14.7. The molecule has 0 saturated carbocycles. The third-order valence-corrected chi connectivity index (χ3v) is 3.35. The molecule has 0 spiro atoms. The van der Waals surface area contributed by atoms with Crippen molar-refractivity contribution in [3.8, 4) is 0 Å². The van der Waals surface area contributed by atoms with Crippen molar-refractivity contribution in [2.24, 2.45) is 0 Å². The van der Waals surface area contributed by atoms with Crippen LogP contribution in [-0.4, -0.2) is 11.1 Å². The molecular weight excluding hydrogens is 274 g/mol. The first-order valence-electron chi connectivity index (χ1n) is 6.29. The Balaban J connectivity index is 2.34. The van der Waals surface area contributed by atoms with Gasteiger partial charge in [0.1, 0.15) is 0 Å². The molecule has 2 rings (SSSR count). The van der Waals surface area contributed by atoms with Gasteiger partial charge in [0, 0.05) is 10.7 Å². The highest BCUT2D eigenvalue weighted by Gasteiger charge is 2.21. The van der Waals surface area contributed by atoms with Gasteiger partial charge in [0.2, 0.25) is 0 Å². The van der Waals surface area contributed by atoms with Crippen LogP contribution in [0.2, 0.25) is 5.02 Å². The number of aliphatic carboxylic acids is 1. The van der Waals surface area contributed by atoms with Gasteiger partial charge in [0.05, 0.1) is 0 Å². The highest BCUT2D eigenvalue weighted by Crippen LogP contribution is 2.25. The first-order chi connectivity index (χ1) is 9.47. The number of hydrogen-bond donors (Lipinski definition) is 2. The van der Waals surface area contributed by atoms with E-state index in [0.717, 1.165) is 16.8 Å². The SMILES string of the molecule is Cc1cccc(NC(C(=O)O)c2ccc(Cl)cc2C)c1. The molecule has 104 valence electrons. The van der Waals surface area contributed by atoms with E-state index in [1.807, 2.05) is 38.1 Å². The van der Waals surface area contributed by atoms with Crippen molar-refractivity contribution in [2.45, 2.75) is 19.9 Å². The average Bonchev–Trinajstić information content (AvgIpc) is 2.36. The monoisotopic (exact) mass is 289 g/mol. The van der Waals surface area contributed by atoms with Gasteiger partial charge in [0.25, 0.3) is 0 Å². The zero-order valence-electron chi connectivity index (χ0n) is 11.4. The molecule has 0 fully saturated rings. The normalized spacial score (nSPS) is 11.9. The molecule has 1 unspecified atom stereocenters. The quantitative estimate of drug-likeness (QED) is 0.887. The summed E-state index contributed by atoms with van der Waals surface area (Å²) in [5.41, 5.74) is 3.42. The largest absolute Gasteiger partial charge is 0.479 e. The van der Waals surface area contributed by atoms with Gasteiger partial charge < -0.3 is 10.4 Å². The van der Waals surface area contributed by atoms with Crippen LogP contribution in [0.5, 0.6) is 0 Å². The van der Waals surface area contributed by atoms with Gasteiger partial charge in [-0.15, -0.1) is 0 Å². The van der Waals surface area contributed by atoms with Crippen LogP contribution in [0.4, 0.5) is 5.69 Å². The molecule has 20 heavy (non-hydrogen) atoms. The number of benzene rings is 2. The molecule has 0 aliphatic carbocycles. The van der Waals surface area contributed by atoms with Crippen molar-refractivity contribution in [2.75, 3.05) is 5.32 Å². The zero-order valence-corrected chi connectivity index (χ0v) is 12.1. The summed E-state index contributed by atoms with van der Waals surface area (Å²) >= 11 is 5.91. The first-order valence-corrected chi connectivity index (χ1v) is 6.67. The maximum absolute atomic E-state index is 11.5. The van der Waals surface area contributed by atoms with E-state index in [0.29, 0.717) is 10.6 Å². The summed E-state index contributed by atoms with van der Waals surface area (Å²) in [6.07, 6.45) is 0. The number of nitrogens with one attached hydrogen (secondary N) is 1. The Labute approximate surface area is 123 Å². The molecule has 0 bridgehead atoms. The van der Waals surface area contributed by atoms with Crippen LogP contribution in [0.3, 0.4) is 0 Å². The van der Waals surface area contributed by atoms with E-state index in [1.54, 1.807) is 18.2 Å². The van der Waals surface area contributed by atoms with Gasteiger partial charge in [-0.05, 0) is 54.8 Å². The second-order valence-electron chi connectivity index (χ2n) is 4.79. The fourth-order valence-electron chi connectivity index (χ4n) is 2.14. The van der Waals surface area contributed by atoms with Crippen molar-refractivity contribution < 1.29 is 9.90 Å². The highest BCUT2D eigenvalue weighted by molar-refractivity contribution is 6.30. The van der Waals surface area contributed by atoms with E-state index in [4.69, 9.17) is 11.6 Å². The van der Waals surface area contributed by atoms with Gasteiger partial charge in [-0.2, -0.15) is 0 Å². The molecule has 0 radical (unpaired) electrons. The Bertz CT molecular complexity index is 640. The van der Waals surface area contributed by atoms with Crippen LogP contribution in [0.25, 0.3) is 0 Å². The molecule has 4 heteroatoms. The summed E-state index contributed by atoms with van der Waals surface area (Å²) in [5.74, 6) is -0.920. The summed E-state index contributed by atoms with van der Waals surface area (Å²) in [5, 5.41) is 13.1. The molecule has 2 aromatic carbocycles. The number of hydrogen-bond acceptors (Lipinski definition) is 2. The molecule has 0 amide bonds. The molecule has 3 nitrogen and oxygen atoms in total. The Kier molecular flexibility index (Phi) is 4.30. The number of aryl methyl sites for hydroxylation is 2. The standard InChI is InChI=1S/C16H16ClNO2/c1-10-4-3-5-13(8-10)18-15(16(19)20)14-7-6-12(17)9-11(14)2/h3-9,15,18H,1-2H3,(H,19,20). The molecule has 2 aromatic rings. The van der Waals surface area contributed by atoms with Crippen molar-refractivity contribution in [1.82, 2.24) is 0 Å². The van der Waals surface area contributed by atoms with Crippen LogP contribution >= 0.6 is 11.6 Å². The lowest BCUT2D eigenvalue weighted by molar-refractivity contribution is -0.138. The maximum Gasteiger partial charge on any atom is 0.330 e. The van der Waals surface area contributed by atoms with E-state index in [-0.39, 0.29) is 0 Å². The van der Waals surface area contributed by atoms with E-state index in [2.05, 4.69) is 5.32 Å². The molecule has 0 heterocycles. The molecule has 0 aliphatic heterocycles. The first kappa shape index (κ1) is 14.4. The minimum atomic E-state index is -0.920. The van der Waals surface area contributed by atoms with E-state index < -0.39 is 12.0 Å². The lowest BCUT2D eigenvalue weighted by atomic mass is 10.0. The maximum atomic E-state index is 11.5. The van der Waals surface area contributed by atoms with Gasteiger partial charge in [-0.3, -0.25) is 0 Å². The second kappa shape index (κ2) is 5.97. The van der Waals surface area contributed by atoms with Gasteiger partial charge in [-0.25, -0.2) is 4.79 Å². The predicted molar refractivity (Wildman–Crippen MR) is 81.4 cm³/mol. The minimum Gasteiger partial charge on any atom is -0.479 e. The van der Waals surface area contributed by atoms with Gasteiger partial charge >= 0.3 is 5.97 Å². The topological polar surface area (TPSA) is 49.3 Å². The van der Waals surface area contributed by atoms with Crippen molar-refractivity contribution in [1.29, 1.82) is 0 Å². The van der Waals surface area contributed by atoms with E-state index in [1.165, 1.54) is 0 Å². The number of anilines is 1. The Hall–Kier alpha value is -2.00. The van der Waals surface area contributed by atoms with Gasteiger partial charge in [0.15, 0.2) is 6.04 Å². The van der Waals surface area contributed by atoms with Crippen LogP contribution in [0, 0.1) is 13.8 Å². The highest BCUT2D eigenvalue weighted by atomic mass is 35.5. The summed E-state index contributed by atoms with van der Waals surface area (Å²) < 4.78 is 0. The van der Waals surface area contributed by atoms with E-state index in [9.17, 15) is 9.90 Å². The summed E-state index contributed by atoms with van der Waals surface area (Å²) in [6, 6.07) is 12.1. The predicted octanol–water partition coefficient (Wildman–Crippen LogP) is 4.19. The summed E-state index contributed by atoms with van der Waals surface area (Å²) in [7, 11) is 0. The Morgan fingerprint density at radius 2 is 1.95 bits per heavy atom. The number of halogens is 1. The third kappa shape index (κ3) is 3.31. The van der Waals surface area contributed by atoms with Crippen LogP contribution in [0.15, 0.2) is 42.5 Å². The lowest BCUT2D eigenvalue weighted by Crippen LogP contribution is -2.21. The molecule has 2 N–H and O–H groups in total. The number of carboxylic acid groups (broad SMARTS) is 1. The Morgan fingerprint density at radius 1 is 1.20 bits per heavy atom. The van der Waals surface area contributed by atoms with Gasteiger partial charge in [-0.1, -0.05) is 29.8 Å². The molecule has 0 aromatic heterocycles. The number of carboxylic acids is 1. The fourth-order valence-corrected chi connectivity index (χ4v) is 2.36. The number of rotatable bonds is 4. The summed E-state index contributed by atoms with van der Waals surface area (Å²) in [6.45, 7) is 3.82. The third-order valence-electron chi connectivity index (χ3n) is 3.12. The van der Waals surface area contributed by atoms with Crippen molar-refractivity contribution in [3.05, 3.63) is 64.2 Å². The van der Waals surface area contributed by atoms with Crippen molar-refractivity contribution >= 4 is 23.3 Å². The van der Waals surface area contributed by atoms with Crippen LogP contribution in [0.1, 0.15) is 22.7 Å². The van der Waals surface area contributed by atoms with Crippen LogP contribution < -0.4 is 5.32 Å². The minimum absolute atomic E-state index is 0.603. The van der Waals surface area contributed by atoms with Crippen molar-refractivity contribution in [3.63, 3.8) is 0 Å². The lowest BCUT2D eigenvalue weighted by Gasteiger charge is -2.18. The second-order valence-corrected chi connectivity index (χ2v) is 5.22. The number of carbonyl (C=O) groups is 1. The van der Waals surface area contributed by atoms with E-state index >= 15 is 0 Å². The van der Waals surface area contributed by atoms with Crippen LogP contribution in [-0.2, 0) is 4.79 Å².